The van der Waals surface area contributed by atoms with Crippen molar-refractivity contribution in [1.29, 1.82) is 0 Å². The van der Waals surface area contributed by atoms with E-state index in [4.69, 9.17) is 4.74 Å². The van der Waals surface area contributed by atoms with E-state index < -0.39 is 0 Å². The first-order valence-corrected chi connectivity index (χ1v) is 6.45. The zero-order chi connectivity index (χ0) is 13.5. The molecule has 0 spiro atoms. The van der Waals surface area contributed by atoms with Gasteiger partial charge in [-0.05, 0) is 30.7 Å². The highest BCUT2D eigenvalue weighted by Crippen LogP contribution is 2.21. The fraction of sp³-hybridized carbons (Fsp3) is 0.533. The maximum absolute atomic E-state index is 10.8. The molecule has 0 bridgehead atoms. The van der Waals surface area contributed by atoms with E-state index in [0.29, 0.717) is 11.5 Å². The van der Waals surface area contributed by atoms with Crippen molar-refractivity contribution >= 4 is 6.29 Å². The van der Waals surface area contributed by atoms with E-state index in [1.807, 2.05) is 12.1 Å². The van der Waals surface area contributed by atoms with Crippen molar-refractivity contribution in [3.63, 3.8) is 0 Å². The van der Waals surface area contributed by atoms with Crippen LogP contribution in [0.15, 0.2) is 18.2 Å². The van der Waals surface area contributed by atoms with Gasteiger partial charge in [0.2, 0.25) is 0 Å². The molecule has 0 heterocycles. The Morgan fingerprint density at radius 2 is 2.11 bits per heavy atom. The van der Waals surface area contributed by atoms with Gasteiger partial charge < -0.3 is 4.74 Å². The smallest absolute Gasteiger partial charge is 0.150 e. The Kier molecular flexibility index (Phi) is 5.86. The molecule has 100 valence electrons. The quantitative estimate of drug-likeness (QED) is 0.696. The number of nitrogens with zero attached hydrogens (tertiary/aromatic N) is 1. The van der Waals surface area contributed by atoms with Crippen LogP contribution < -0.4 is 4.74 Å². The molecular formula is C15H23NO2. The molecule has 18 heavy (non-hydrogen) atoms. The number of methoxy groups -OCH3 is 1. The molecule has 0 amide bonds. The summed E-state index contributed by atoms with van der Waals surface area (Å²) in [6, 6.07) is 5.56. The van der Waals surface area contributed by atoms with Crippen LogP contribution in [-0.4, -0.2) is 31.4 Å². The second-order valence-electron chi connectivity index (χ2n) is 4.91. The second-order valence-corrected chi connectivity index (χ2v) is 4.91. The topological polar surface area (TPSA) is 29.5 Å². The van der Waals surface area contributed by atoms with Gasteiger partial charge in [-0.3, -0.25) is 9.69 Å². The standard InChI is InChI=1S/C15H23NO2/c1-5-16(9-12(2)3)10-14-8-13(11-17)6-7-15(14)18-4/h6-8,11-12H,5,9-10H2,1-4H3. The number of carbonyl (C=O) groups excluding carboxylic acids is 1. The summed E-state index contributed by atoms with van der Waals surface area (Å²) < 4.78 is 5.35. The van der Waals surface area contributed by atoms with Crippen molar-refractivity contribution < 1.29 is 9.53 Å². The van der Waals surface area contributed by atoms with Crippen LogP contribution >= 0.6 is 0 Å². The van der Waals surface area contributed by atoms with Crippen molar-refractivity contribution in [2.45, 2.75) is 27.3 Å². The van der Waals surface area contributed by atoms with E-state index in [1.54, 1.807) is 13.2 Å². The summed E-state index contributed by atoms with van der Waals surface area (Å²) in [7, 11) is 1.66. The van der Waals surface area contributed by atoms with Gasteiger partial charge in [0.1, 0.15) is 12.0 Å². The fourth-order valence-corrected chi connectivity index (χ4v) is 2.06. The van der Waals surface area contributed by atoms with Crippen LogP contribution in [0.4, 0.5) is 0 Å². The lowest BCUT2D eigenvalue weighted by Gasteiger charge is -2.23. The van der Waals surface area contributed by atoms with Crippen LogP contribution in [0.25, 0.3) is 0 Å². The van der Waals surface area contributed by atoms with Crippen LogP contribution in [0, 0.1) is 5.92 Å². The average Bonchev–Trinajstić information content (AvgIpc) is 2.37. The normalized spacial score (nSPS) is 11.0. The Bertz CT molecular complexity index is 388. The van der Waals surface area contributed by atoms with Gasteiger partial charge in [0, 0.05) is 24.2 Å². The minimum atomic E-state index is 0.630. The van der Waals surface area contributed by atoms with Gasteiger partial charge in [0.25, 0.3) is 0 Å². The molecule has 0 atom stereocenters. The lowest BCUT2D eigenvalue weighted by molar-refractivity contribution is 0.112. The zero-order valence-electron chi connectivity index (χ0n) is 11.8. The molecule has 0 unspecified atom stereocenters. The molecule has 1 aromatic carbocycles. The highest BCUT2D eigenvalue weighted by atomic mass is 16.5. The molecule has 0 radical (unpaired) electrons. The largest absolute Gasteiger partial charge is 0.496 e. The second kappa shape index (κ2) is 7.17. The van der Waals surface area contributed by atoms with Gasteiger partial charge in [-0.25, -0.2) is 0 Å². The van der Waals surface area contributed by atoms with Crippen molar-refractivity contribution in [3.05, 3.63) is 29.3 Å². The molecule has 0 aliphatic rings. The van der Waals surface area contributed by atoms with Crippen LogP contribution in [0.1, 0.15) is 36.7 Å². The van der Waals surface area contributed by atoms with Gasteiger partial charge in [0.05, 0.1) is 7.11 Å². The summed E-state index contributed by atoms with van der Waals surface area (Å²) >= 11 is 0. The van der Waals surface area contributed by atoms with Gasteiger partial charge >= 0.3 is 0 Å². The maximum Gasteiger partial charge on any atom is 0.150 e. The van der Waals surface area contributed by atoms with Crippen LogP contribution in [-0.2, 0) is 6.54 Å². The maximum atomic E-state index is 10.8. The highest BCUT2D eigenvalue weighted by molar-refractivity contribution is 5.75. The molecule has 0 N–H and O–H groups in total. The van der Waals surface area contributed by atoms with Gasteiger partial charge in [0.15, 0.2) is 0 Å². The van der Waals surface area contributed by atoms with Crippen LogP contribution in [0.3, 0.4) is 0 Å². The highest BCUT2D eigenvalue weighted by Gasteiger charge is 2.10. The predicted octanol–water partition coefficient (Wildman–Crippen LogP) is 2.99. The molecule has 3 heteroatoms. The Morgan fingerprint density at radius 1 is 1.39 bits per heavy atom. The lowest BCUT2D eigenvalue weighted by Crippen LogP contribution is -2.27. The summed E-state index contributed by atoms with van der Waals surface area (Å²) in [5.74, 6) is 1.48. The number of benzene rings is 1. The molecule has 0 fully saturated rings. The fourth-order valence-electron chi connectivity index (χ4n) is 2.06. The first-order chi connectivity index (χ1) is 8.60. The van der Waals surface area contributed by atoms with Crippen LogP contribution in [0.5, 0.6) is 5.75 Å². The number of hydrogen-bond acceptors (Lipinski definition) is 3. The molecule has 0 saturated heterocycles. The predicted molar refractivity (Wildman–Crippen MR) is 74.2 cm³/mol. The summed E-state index contributed by atoms with van der Waals surface area (Å²) in [5.41, 5.74) is 1.77. The molecule has 1 rings (SSSR count). The first-order valence-electron chi connectivity index (χ1n) is 6.45. The Labute approximate surface area is 110 Å². The summed E-state index contributed by atoms with van der Waals surface area (Å²) in [4.78, 5) is 13.2. The van der Waals surface area contributed by atoms with Crippen molar-refractivity contribution in [3.8, 4) is 5.75 Å². The van der Waals surface area contributed by atoms with Gasteiger partial charge in [-0.2, -0.15) is 0 Å². The zero-order valence-corrected chi connectivity index (χ0v) is 11.8. The summed E-state index contributed by atoms with van der Waals surface area (Å²) in [5, 5.41) is 0. The molecule has 3 nitrogen and oxygen atoms in total. The Balaban J connectivity index is 2.88. The van der Waals surface area contributed by atoms with Gasteiger partial charge in [-0.1, -0.05) is 20.8 Å². The summed E-state index contributed by atoms with van der Waals surface area (Å²) in [6.07, 6.45) is 0.877. The van der Waals surface area contributed by atoms with E-state index in [1.165, 1.54) is 0 Å². The molecule has 0 aliphatic heterocycles. The van der Waals surface area contributed by atoms with Gasteiger partial charge in [-0.15, -0.1) is 0 Å². The summed E-state index contributed by atoms with van der Waals surface area (Å²) in [6.45, 7) is 9.43. The molecular weight excluding hydrogens is 226 g/mol. The molecule has 0 saturated carbocycles. The van der Waals surface area contributed by atoms with Crippen molar-refractivity contribution in [2.75, 3.05) is 20.2 Å². The molecule has 0 aromatic heterocycles. The molecule has 1 aromatic rings. The number of ether oxygens (including phenoxy) is 1. The Hall–Kier alpha value is -1.35. The minimum Gasteiger partial charge on any atom is -0.496 e. The third-order valence-electron chi connectivity index (χ3n) is 2.91. The molecule has 0 aliphatic carbocycles. The first kappa shape index (κ1) is 14.7. The van der Waals surface area contributed by atoms with E-state index in [2.05, 4.69) is 25.7 Å². The minimum absolute atomic E-state index is 0.630. The average molecular weight is 249 g/mol. The van der Waals surface area contributed by atoms with E-state index in [9.17, 15) is 4.79 Å². The number of rotatable bonds is 7. The number of hydrogen-bond donors (Lipinski definition) is 0. The monoisotopic (exact) mass is 249 g/mol. The van der Waals surface area contributed by atoms with E-state index >= 15 is 0 Å². The number of aldehydes is 1. The number of carbonyl (C=O) groups is 1. The third-order valence-corrected chi connectivity index (χ3v) is 2.91. The Morgan fingerprint density at radius 3 is 2.61 bits per heavy atom. The van der Waals surface area contributed by atoms with E-state index in [0.717, 1.165) is 37.2 Å². The van der Waals surface area contributed by atoms with Crippen molar-refractivity contribution in [2.24, 2.45) is 5.92 Å². The third kappa shape index (κ3) is 4.15. The van der Waals surface area contributed by atoms with E-state index in [-0.39, 0.29) is 0 Å². The SMILES string of the molecule is CCN(Cc1cc(C=O)ccc1OC)CC(C)C. The van der Waals surface area contributed by atoms with Crippen molar-refractivity contribution in [1.82, 2.24) is 4.90 Å². The van der Waals surface area contributed by atoms with Crippen LogP contribution in [0.2, 0.25) is 0 Å². The lowest BCUT2D eigenvalue weighted by atomic mass is 10.1.